The van der Waals surface area contributed by atoms with Crippen LogP contribution in [-0.2, 0) is 0 Å². The third-order valence-corrected chi connectivity index (χ3v) is 3.21. The SMILES string of the molecule is CC(C)Oc1cc2c(-n3ccnc3)ccnc2cc1Cl. The van der Waals surface area contributed by atoms with Crippen LogP contribution in [0, 0.1) is 0 Å². The largest absolute Gasteiger partial charge is 0.489 e. The lowest BCUT2D eigenvalue weighted by Crippen LogP contribution is -2.06. The van der Waals surface area contributed by atoms with Gasteiger partial charge in [0.25, 0.3) is 0 Å². The molecule has 0 atom stereocenters. The van der Waals surface area contributed by atoms with E-state index in [4.69, 9.17) is 16.3 Å². The van der Waals surface area contributed by atoms with Gasteiger partial charge in [-0.25, -0.2) is 4.98 Å². The van der Waals surface area contributed by atoms with Crippen molar-refractivity contribution in [3.05, 3.63) is 48.1 Å². The molecule has 0 radical (unpaired) electrons. The van der Waals surface area contributed by atoms with Crippen LogP contribution in [0.3, 0.4) is 0 Å². The van der Waals surface area contributed by atoms with Gasteiger partial charge in [0.1, 0.15) is 5.75 Å². The third kappa shape index (κ3) is 2.34. The van der Waals surface area contributed by atoms with Crippen molar-refractivity contribution in [2.24, 2.45) is 0 Å². The zero-order chi connectivity index (χ0) is 14.1. The van der Waals surface area contributed by atoms with Crippen LogP contribution in [0.5, 0.6) is 5.75 Å². The molecule has 0 saturated heterocycles. The van der Waals surface area contributed by atoms with Crippen LogP contribution < -0.4 is 4.74 Å². The van der Waals surface area contributed by atoms with Gasteiger partial charge in [0.05, 0.1) is 28.7 Å². The van der Waals surface area contributed by atoms with Crippen molar-refractivity contribution in [1.29, 1.82) is 0 Å². The van der Waals surface area contributed by atoms with E-state index in [2.05, 4.69) is 9.97 Å². The highest BCUT2D eigenvalue weighted by molar-refractivity contribution is 6.32. The summed E-state index contributed by atoms with van der Waals surface area (Å²) in [6.45, 7) is 3.95. The van der Waals surface area contributed by atoms with Crippen molar-refractivity contribution in [2.75, 3.05) is 0 Å². The minimum atomic E-state index is 0.0679. The predicted octanol–water partition coefficient (Wildman–Crippen LogP) is 3.86. The van der Waals surface area contributed by atoms with Crippen LogP contribution in [0.15, 0.2) is 43.1 Å². The molecule has 3 aromatic rings. The van der Waals surface area contributed by atoms with E-state index in [0.29, 0.717) is 10.8 Å². The van der Waals surface area contributed by atoms with Gasteiger partial charge in [-0.15, -0.1) is 0 Å². The number of imidazole rings is 1. The van der Waals surface area contributed by atoms with Crippen LogP contribution in [0.4, 0.5) is 0 Å². The maximum Gasteiger partial charge on any atom is 0.139 e. The molecule has 2 aromatic heterocycles. The quantitative estimate of drug-likeness (QED) is 0.734. The Kier molecular flexibility index (Phi) is 3.32. The Hall–Kier alpha value is -2.07. The molecule has 2 heterocycles. The Morgan fingerprint density at radius 1 is 1.25 bits per heavy atom. The molecule has 1 aromatic carbocycles. The topological polar surface area (TPSA) is 39.9 Å². The molecule has 4 nitrogen and oxygen atoms in total. The molecular weight excluding hydrogens is 274 g/mol. The van der Waals surface area contributed by atoms with E-state index in [1.807, 2.05) is 42.8 Å². The predicted molar refractivity (Wildman–Crippen MR) is 79.6 cm³/mol. The number of benzene rings is 1. The summed E-state index contributed by atoms with van der Waals surface area (Å²) in [7, 11) is 0. The third-order valence-electron chi connectivity index (χ3n) is 2.92. The summed E-state index contributed by atoms with van der Waals surface area (Å²) in [6.07, 6.45) is 7.22. The van der Waals surface area contributed by atoms with Crippen LogP contribution in [-0.4, -0.2) is 20.6 Å². The van der Waals surface area contributed by atoms with Gasteiger partial charge in [-0.2, -0.15) is 0 Å². The number of halogens is 1. The molecule has 0 unspecified atom stereocenters. The van der Waals surface area contributed by atoms with E-state index < -0.39 is 0 Å². The average Bonchev–Trinajstić information content (AvgIpc) is 2.92. The molecule has 0 N–H and O–H groups in total. The highest BCUT2D eigenvalue weighted by atomic mass is 35.5. The summed E-state index contributed by atoms with van der Waals surface area (Å²) in [5.74, 6) is 0.670. The Morgan fingerprint density at radius 2 is 2.10 bits per heavy atom. The van der Waals surface area contributed by atoms with Gasteiger partial charge in [0, 0.05) is 24.0 Å². The van der Waals surface area contributed by atoms with Crippen molar-refractivity contribution in [1.82, 2.24) is 14.5 Å². The fourth-order valence-electron chi connectivity index (χ4n) is 2.10. The normalized spacial score (nSPS) is 11.2. The highest BCUT2D eigenvalue weighted by Crippen LogP contribution is 2.32. The van der Waals surface area contributed by atoms with Crippen LogP contribution in [0.2, 0.25) is 5.02 Å². The number of rotatable bonds is 3. The number of aromatic nitrogens is 3. The first-order chi connectivity index (χ1) is 9.65. The number of hydrogen-bond donors (Lipinski definition) is 0. The molecule has 0 aliphatic rings. The molecule has 0 fully saturated rings. The molecular formula is C15H14ClN3O. The van der Waals surface area contributed by atoms with Gasteiger partial charge < -0.3 is 9.30 Å². The molecule has 0 amide bonds. The van der Waals surface area contributed by atoms with E-state index >= 15 is 0 Å². The van der Waals surface area contributed by atoms with Gasteiger partial charge in [0.2, 0.25) is 0 Å². The van der Waals surface area contributed by atoms with Gasteiger partial charge >= 0.3 is 0 Å². The molecule has 0 bridgehead atoms. The number of hydrogen-bond acceptors (Lipinski definition) is 3. The molecule has 0 aliphatic heterocycles. The molecule has 3 rings (SSSR count). The summed E-state index contributed by atoms with van der Waals surface area (Å²) in [4.78, 5) is 8.44. The summed E-state index contributed by atoms with van der Waals surface area (Å²) in [5, 5.41) is 1.55. The summed E-state index contributed by atoms with van der Waals surface area (Å²) >= 11 is 6.24. The van der Waals surface area contributed by atoms with Crippen LogP contribution in [0.1, 0.15) is 13.8 Å². The summed E-state index contributed by atoms with van der Waals surface area (Å²) < 4.78 is 7.68. The first-order valence-corrected chi connectivity index (χ1v) is 6.76. The van der Waals surface area contributed by atoms with Crippen molar-refractivity contribution >= 4 is 22.5 Å². The number of pyridine rings is 1. The zero-order valence-corrected chi connectivity index (χ0v) is 12.0. The zero-order valence-electron chi connectivity index (χ0n) is 11.2. The van der Waals surface area contributed by atoms with Crippen molar-refractivity contribution in [3.8, 4) is 11.4 Å². The monoisotopic (exact) mass is 287 g/mol. The molecule has 20 heavy (non-hydrogen) atoms. The van der Waals surface area contributed by atoms with Crippen molar-refractivity contribution in [2.45, 2.75) is 20.0 Å². The smallest absolute Gasteiger partial charge is 0.139 e. The van der Waals surface area contributed by atoms with E-state index in [-0.39, 0.29) is 6.10 Å². The lowest BCUT2D eigenvalue weighted by atomic mass is 10.1. The van der Waals surface area contributed by atoms with Gasteiger partial charge in [-0.1, -0.05) is 11.6 Å². The number of ether oxygens (including phenoxy) is 1. The van der Waals surface area contributed by atoms with Gasteiger partial charge in [-0.3, -0.25) is 4.98 Å². The minimum Gasteiger partial charge on any atom is -0.489 e. The number of fused-ring (bicyclic) bond motifs is 1. The van der Waals surface area contributed by atoms with E-state index in [0.717, 1.165) is 16.6 Å². The van der Waals surface area contributed by atoms with Crippen LogP contribution >= 0.6 is 11.6 Å². The molecule has 0 saturated carbocycles. The molecule has 0 aliphatic carbocycles. The Bertz CT molecular complexity index is 738. The lowest BCUT2D eigenvalue weighted by Gasteiger charge is -2.13. The second kappa shape index (κ2) is 5.13. The standard InChI is InChI=1S/C15H14ClN3O/c1-10(2)20-15-7-11-13(8-12(15)16)18-4-3-14(11)19-6-5-17-9-19/h3-10H,1-2H3. The highest BCUT2D eigenvalue weighted by Gasteiger charge is 2.10. The van der Waals surface area contributed by atoms with Crippen molar-refractivity contribution in [3.63, 3.8) is 0 Å². The maximum atomic E-state index is 6.24. The van der Waals surface area contributed by atoms with Gasteiger partial charge in [-0.05, 0) is 32.0 Å². The van der Waals surface area contributed by atoms with E-state index in [1.165, 1.54) is 0 Å². The second-order valence-electron chi connectivity index (χ2n) is 4.77. The van der Waals surface area contributed by atoms with Crippen molar-refractivity contribution < 1.29 is 4.74 Å². The molecule has 102 valence electrons. The second-order valence-corrected chi connectivity index (χ2v) is 5.17. The Labute approximate surface area is 122 Å². The first-order valence-electron chi connectivity index (χ1n) is 6.38. The maximum absolute atomic E-state index is 6.24. The molecule has 5 heteroatoms. The van der Waals surface area contributed by atoms with Crippen LogP contribution in [0.25, 0.3) is 16.6 Å². The summed E-state index contributed by atoms with van der Waals surface area (Å²) in [6, 6.07) is 5.70. The average molecular weight is 288 g/mol. The fraction of sp³-hybridized carbons (Fsp3) is 0.200. The lowest BCUT2D eigenvalue weighted by molar-refractivity contribution is 0.243. The first kappa shape index (κ1) is 12.9. The Balaban J connectivity index is 2.22. The summed E-state index contributed by atoms with van der Waals surface area (Å²) in [5.41, 5.74) is 1.83. The number of nitrogens with zero attached hydrogens (tertiary/aromatic N) is 3. The van der Waals surface area contributed by atoms with E-state index in [9.17, 15) is 0 Å². The molecule has 0 spiro atoms. The Morgan fingerprint density at radius 3 is 2.80 bits per heavy atom. The minimum absolute atomic E-state index is 0.0679. The van der Waals surface area contributed by atoms with Gasteiger partial charge in [0.15, 0.2) is 0 Å². The van der Waals surface area contributed by atoms with E-state index in [1.54, 1.807) is 18.7 Å². The fourth-order valence-corrected chi connectivity index (χ4v) is 2.31.